The van der Waals surface area contributed by atoms with E-state index < -0.39 is 0 Å². The minimum absolute atomic E-state index is 0.375. The monoisotopic (exact) mass is 610 g/mol. The van der Waals surface area contributed by atoms with Gasteiger partial charge in [-0.25, -0.2) is 5.43 Å². The van der Waals surface area contributed by atoms with Crippen molar-refractivity contribution in [3.05, 3.63) is 98.4 Å². The Balaban J connectivity index is 1.51. The number of hydrogen-bond acceptors (Lipinski definition) is 5. The molecule has 184 valence electrons. The lowest BCUT2D eigenvalue weighted by Crippen LogP contribution is -2.17. The van der Waals surface area contributed by atoms with Crippen molar-refractivity contribution in [1.82, 2.24) is 5.43 Å². The number of nitrogens with one attached hydrogen (secondary N) is 1. The van der Waals surface area contributed by atoms with E-state index >= 15 is 0 Å². The van der Waals surface area contributed by atoms with Crippen molar-refractivity contribution in [2.24, 2.45) is 5.10 Å². The molecular weight excluding hydrogens is 588 g/mol. The molecule has 0 saturated carbocycles. The molecule has 0 spiro atoms. The Morgan fingerprint density at radius 1 is 0.972 bits per heavy atom. The SMILES string of the molecule is CCOc1ccc(C(=O)N/N=C/c2cc(Br)cc(Br)c2OCc2cccc3ccccc23)cc1OC. The van der Waals surface area contributed by atoms with Gasteiger partial charge in [0.05, 0.1) is 24.4 Å². The number of nitrogens with zero attached hydrogens (tertiary/aromatic N) is 1. The molecule has 0 heterocycles. The van der Waals surface area contributed by atoms with Gasteiger partial charge in [-0.2, -0.15) is 5.10 Å². The number of halogens is 2. The highest BCUT2D eigenvalue weighted by atomic mass is 79.9. The molecule has 0 aliphatic heterocycles. The Kier molecular flexibility index (Phi) is 8.61. The first-order valence-electron chi connectivity index (χ1n) is 11.2. The molecule has 6 nitrogen and oxygen atoms in total. The summed E-state index contributed by atoms with van der Waals surface area (Å²) in [5.74, 6) is 1.30. The fourth-order valence-corrected chi connectivity index (χ4v) is 5.08. The predicted molar refractivity (Wildman–Crippen MR) is 149 cm³/mol. The molecule has 8 heteroatoms. The van der Waals surface area contributed by atoms with E-state index in [9.17, 15) is 4.79 Å². The third-order valence-electron chi connectivity index (χ3n) is 5.38. The van der Waals surface area contributed by atoms with E-state index in [1.165, 1.54) is 7.11 Å². The Morgan fingerprint density at radius 2 is 1.78 bits per heavy atom. The number of amides is 1. The zero-order chi connectivity index (χ0) is 25.5. The summed E-state index contributed by atoms with van der Waals surface area (Å²) >= 11 is 7.09. The highest BCUT2D eigenvalue weighted by Gasteiger charge is 2.13. The van der Waals surface area contributed by atoms with E-state index in [4.69, 9.17) is 14.2 Å². The first-order chi connectivity index (χ1) is 17.5. The summed E-state index contributed by atoms with van der Waals surface area (Å²) < 4.78 is 18.7. The van der Waals surface area contributed by atoms with E-state index in [-0.39, 0.29) is 5.91 Å². The van der Waals surface area contributed by atoms with Crippen LogP contribution in [0.4, 0.5) is 0 Å². The number of benzene rings is 4. The average Bonchev–Trinajstić information content (AvgIpc) is 2.88. The first kappa shape index (κ1) is 25.7. The third kappa shape index (κ3) is 6.06. The molecule has 4 rings (SSSR count). The third-order valence-corrected chi connectivity index (χ3v) is 6.43. The fraction of sp³-hybridized carbons (Fsp3) is 0.143. The summed E-state index contributed by atoms with van der Waals surface area (Å²) in [5, 5.41) is 6.46. The van der Waals surface area contributed by atoms with Crippen LogP contribution in [0.25, 0.3) is 10.8 Å². The molecule has 0 unspecified atom stereocenters. The van der Waals surface area contributed by atoms with Gasteiger partial charge in [0.25, 0.3) is 5.91 Å². The molecule has 0 radical (unpaired) electrons. The highest BCUT2D eigenvalue weighted by Crippen LogP contribution is 2.33. The summed E-state index contributed by atoms with van der Waals surface area (Å²) in [5.41, 5.74) is 4.73. The second-order valence-corrected chi connectivity index (χ2v) is 9.50. The first-order valence-corrected chi connectivity index (χ1v) is 12.8. The molecule has 1 amide bonds. The molecule has 0 atom stereocenters. The zero-order valence-electron chi connectivity index (χ0n) is 19.8. The lowest BCUT2D eigenvalue weighted by Gasteiger charge is -2.13. The minimum atomic E-state index is -0.375. The van der Waals surface area contributed by atoms with Gasteiger partial charge >= 0.3 is 0 Å². The quantitative estimate of drug-likeness (QED) is 0.162. The van der Waals surface area contributed by atoms with E-state index in [0.717, 1.165) is 25.3 Å². The molecule has 1 N–H and O–H groups in total. The van der Waals surface area contributed by atoms with Gasteiger partial charge in [0.1, 0.15) is 12.4 Å². The number of ether oxygens (including phenoxy) is 3. The van der Waals surface area contributed by atoms with Crippen LogP contribution >= 0.6 is 31.9 Å². The molecule has 36 heavy (non-hydrogen) atoms. The maximum absolute atomic E-state index is 12.7. The normalized spacial score (nSPS) is 11.0. The molecule has 0 saturated heterocycles. The van der Waals surface area contributed by atoms with Crippen LogP contribution in [-0.4, -0.2) is 25.8 Å². The maximum atomic E-state index is 12.7. The minimum Gasteiger partial charge on any atom is -0.493 e. The summed E-state index contributed by atoms with van der Waals surface area (Å²) in [6.07, 6.45) is 1.55. The van der Waals surface area contributed by atoms with Crippen LogP contribution in [0.1, 0.15) is 28.4 Å². The van der Waals surface area contributed by atoms with E-state index in [0.29, 0.717) is 41.6 Å². The Bertz CT molecular complexity index is 1420. The van der Waals surface area contributed by atoms with Gasteiger partial charge in [0, 0.05) is 15.6 Å². The topological polar surface area (TPSA) is 69.2 Å². The van der Waals surface area contributed by atoms with Crippen LogP contribution in [-0.2, 0) is 6.61 Å². The molecule has 0 bridgehead atoms. The highest BCUT2D eigenvalue weighted by molar-refractivity contribution is 9.11. The number of rotatable bonds is 9. The second-order valence-electron chi connectivity index (χ2n) is 7.73. The molecule has 4 aromatic carbocycles. The van der Waals surface area contributed by atoms with Crippen molar-refractivity contribution in [2.45, 2.75) is 13.5 Å². The lowest BCUT2D eigenvalue weighted by atomic mass is 10.1. The van der Waals surface area contributed by atoms with Crippen molar-refractivity contribution >= 4 is 54.8 Å². The van der Waals surface area contributed by atoms with Gasteiger partial charge in [-0.1, -0.05) is 58.4 Å². The number of carbonyl (C=O) groups excluding carboxylic acids is 1. The number of fused-ring (bicyclic) bond motifs is 1. The van der Waals surface area contributed by atoms with Crippen LogP contribution < -0.4 is 19.6 Å². The molecule has 0 aliphatic rings. The zero-order valence-corrected chi connectivity index (χ0v) is 22.9. The van der Waals surface area contributed by atoms with Crippen molar-refractivity contribution < 1.29 is 19.0 Å². The van der Waals surface area contributed by atoms with E-state index in [2.05, 4.69) is 60.6 Å². The average molecular weight is 612 g/mol. The summed E-state index contributed by atoms with van der Waals surface area (Å²) in [7, 11) is 1.53. The van der Waals surface area contributed by atoms with Crippen LogP contribution in [0.5, 0.6) is 17.2 Å². The number of hydrogen-bond donors (Lipinski definition) is 1. The largest absolute Gasteiger partial charge is 0.493 e. The molecule has 0 fully saturated rings. The Hall–Kier alpha value is -3.36. The number of methoxy groups -OCH3 is 1. The number of hydrazone groups is 1. The molecular formula is C28H24Br2N2O4. The van der Waals surface area contributed by atoms with Crippen molar-refractivity contribution in [3.8, 4) is 17.2 Å². The molecule has 0 aromatic heterocycles. The maximum Gasteiger partial charge on any atom is 0.271 e. The summed E-state index contributed by atoms with van der Waals surface area (Å²) in [6, 6.07) is 23.1. The van der Waals surface area contributed by atoms with Crippen LogP contribution in [0.3, 0.4) is 0 Å². The van der Waals surface area contributed by atoms with Gasteiger partial charge in [-0.15, -0.1) is 0 Å². The van der Waals surface area contributed by atoms with Gasteiger partial charge in [0.2, 0.25) is 0 Å². The van der Waals surface area contributed by atoms with Crippen LogP contribution in [0, 0.1) is 0 Å². The van der Waals surface area contributed by atoms with E-state index in [1.54, 1.807) is 24.4 Å². The molecule has 0 aliphatic carbocycles. The summed E-state index contributed by atoms with van der Waals surface area (Å²) in [4.78, 5) is 12.7. The predicted octanol–water partition coefficient (Wildman–Crippen LogP) is 7.12. The van der Waals surface area contributed by atoms with Crippen LogP contribution in [0.15, 0.2) is 86.8 Å². The smallest absolute Gasteiger partial charge is 0.271 e. The number of carbonyl (C=O) groups is 1. The fourth-order valence-electron chi connectivity index (χ4n) is 3.71. The van der Waals surface area contributed by atoms with Gasteiger partial charge in [-0.3, -0.25) is 4.79 Å². The van der Waals surface area contributed by atoms with Gasteiger partial charge in [-0.05, 0) is 69.5 Å². The Labute approximate surface area is 226 Å². The van der Waals surface area contributed by atoms with E-state index in [1.807, 2.05) is 43.3 Å². The standard InChI is InChI=1S/C28H24Br2N2O4/c1-3-35-25-12-11-19(14-26(25)34-2)28(33)32-31-16-21-13-22(29)15-24(30)27(21)36-17-20-9-6-8-18-7-4-5-10-23(18)20/h4-16H,3,17H2,1-2H3,(H,32,33)/b31-16+. The second kappa shape index (κ2) is 12.1. The van der Waals surface area contributed by atoms with Crippen molar-refractivity contribution in [3.63, 3.8) is 0 Å². The van der Waals surface area contributed by atoms with Gasteiger partial charge < -0.3 is 14.2 Å². The molecule has 4 aromatic rings. The summed E-state index contributed by atoms with van der Waals surface area (Å²) in [6.45, 7) is 2.76. The Morgan fingerprint density at radius 3 is 2.58 bits per heavy atom. The van der Waals surface area contributed by atoms with Gasteiger partial charge in [0.15, 0.2) is 11.5 Å². The van der Waals surface area contributed by atoms with Crippen LogP contribution in [0.2, 0.25) is 0 Å². The lowest BCUT2D eigenvalue weighted by molar-refractivity contribution is 0.0954. The van der Waals surface area contributed by atoms with Crippen molar-refractivity contribution in [2.75, 3.05) is 13.7 Å². The van der Waals surface area contributed by atoms with Crippen molar-refractivity contribution in [1.29, 1.82) is 0 Å².